The van der Waals surface area contributed by atoms with Crippen molar-refractivity contribution in [3.05, 3.63) is 40.2 Å². The zero-order valence-corrected chi connectivity index (χ0v) is 12.8. The highest BCUT2D eigenvalue weighted by molar-refractivity contribution is 5.79. The number of hydrogen-bond acceptors (Lipinski definition) is 5. The van der Waals surface area contributed by atoms with Gasteiger partial charge in [0.2, 0.25) is 0 Å². The maximum absolute atomic E-state index is 11.3. The molecule has 2 aromatic rings. The van der Waals surface area contributed by atoms with Crippen molar-refractivity contribution in [2.45, 2.75) is 44.7 Å². The zero-order chi connectivity index (χ0) is 15.5. The Hall–Kier alpha value is -1.85. The predicted octanol–water partition coefficient (Wildman–Crippen LogP) is 2.64. The molecule has 4 rings (SSSR count). The minimum Gasteiger partial charge on any atom is -0.487 e. The first-order valence-electron chi connectivity index (χ1n) is 7.42. The van der Waals surface area contributed by atoms with Crippen LogP contribution in [-0.2, 0) is 15.9 Å². The van der Waals surface area contributed by atoms with E-state index in [0.717, 1.165) is 23.1 Å². The van der Waals surface area contributed by atoms with E-state index in [2.05, 4.69) is 0 Å². The molecular weight excluding hydrogens is 284 g/mol. The highest BCUT2D eigenvalue weighted by atomic mass is 16.8. The van der Waals surface area contributed by atoms with Crippen molar-refractivity contribution in [1.82, 2.24) is 0 Å². The van der Waals surface area contributed by atoms with Crippen LogP contribution in [0.4, 0.5) is 0 Å². The van der Waals surface area contributed by atoms with Crippen molar-refractivity contribution in [2.24, 2.45) is 0 Å². The van der Waals surface area contributed by atoms with Crippen molar-refractivity contribution < 1.29 is 18.6 Å². The van der Waals surface area contributed by atoms with E-state index in [1.807, 2.05) is 26.8 Å². The third-order valence-electron chi connectivity index (χ3n) is 4.34. The maximum atomic E-state index is 11.3. The quantitative estimate of drug-likeness (QED) is 0.758. The predicted molar refractivity (Wildman–Crippen MR) is 80.1 cm³/mol. The van der Waals surface area contributed by atoms with Gasteiger partial charge < -0.3 is 18.6 Å². The van der Waals surface area contributed by atoms with Crippen LogP contribution in [0, 0.1) is 0 Å². The fourth-order valence-electron chi connectivity index (χ4n) is 3.24. The van der Waals surface area contributed by atoms with Crippen LogP contribution < -0.4 is 10.4 Å². The van der Waals surface area contributed by atoms with E-state index >= 15 is 0 Å². The van der Waals surface area contributed by atoms with E-state index < -0.39 is 11.4 Å². The van der Waals surface area contributed by atoms with Gasteiger partial charge in [-0.1, -0.05) is 0 Å². The molecule has 1 saturated heterocycles. The lowest BCUT2D eigenvalue weighted by Gasteiger charge is -2.30. The van der Waals surface area contributed by atoms with Gasteiger partial charge in [-0.15, -0.1) is 0 Å². The summed E-state index contributed by atoms with van der Waals surface area (Å²) in [5, 5.41) is 0.900. The Labute approximate surface area is 127 Å². The maximum Gasteiger partial charge on any atom is 0.336 e. The fourth-order valence-corrected chi connectivity index (χ4v) is 3.24. The standard InChI is InChI=1S/C17H18O5/c1-16(2)19-9-17(3,22-16)14-7-11-6-10-4-5-15(18)21-12(10)8-13(11)20-14/h4-6,8,14H,7,9H2,1-3H3/t14-,17+/m0/s1. The average Bonchev–Trinajstić information content (AvgIpc) is 2.97. The minimum atomic E-state index is -0.593. The summed E-state index contributed by atoms with van der Waals surface area (Å²) < 4.78 is 23.0. The van der Waals surface area contributed by atoms with Crippen molar-refractivity contribution in [2.75, 3.05) is 6.61 Å². The fraction of sp³-hybridized carbons (Fsp3) is 0.471. The Morgan fingerprint density at radius 2 is 2.00 bits per heavy atom. The lowest BCUT2D eigenvalue weighted by atomic mass is 9.95. The molecule has 5 heteroatoms. The topological polar surface area (TPSA) is 57.9 Å². The van der Waals surface area contributed by atoms with Gasteiger partial charge >= 0.3 is 5.63 Å². The smallest absolute Gasteiger partial charge is 0.336 e. The van der Waals surface area contributed by atoms with Crippen LogP contribution in [0.5, 0.6) is 5.75 Å². The third-order valence-corrected chi connectivity index (χ3v) is 4.34. The van der Waals surface area contributed by atoms with Crippen LogP contribution in [0.25, 0.3) is 11.0 Å². The van der Waals surface area contributed by atoms with Crippen LogP contribution in [0.1, 0.15) is 26.3 Å². The number of ether oxygens (including phenoxy) is 3. The first-order valence-corrected chi connectivity index (χ1v) is 7.42. The summed E-state index contributed by atoms with van der Waals surface area (Å²) >= 11 is 0. The van der Waals surface area contributed by atoms with E-state index in [4.69, 9.17) is 18.6 Å². The summed E-state index contributed by atoms with van der Waals surface area (Å²) in [7, 11) is 0. The van der Waals surface area contributed by atoms with Gasteiger partial charge in [0, 0.05) is 23.9 Å². The second kappa shape index (κ2) is 4.33. The summed E-state index contributed by atoms with van der Waals surface area (Å²) in [6.45, 7) is 6.32. The average molecular weight is 302 g/mol. The molecule has 0 saturated carbocycles. The lowest BCUT2D eigenvalue weighted by Crippen LogP contribution is -2.45. The van der Waals surface area contributed by atoms with Gasteiger partial charge in [-0.05, 0) is 38.5 Å². The van der Waals surface area contributed by atoms with E-state index in [1.165, 1.54) is 6.07 Å². The van der Waals surface area contributed by atoms with Gasteiger partial charge in [0.25, 0.3) is 0 Å². The highest BCUT2D eigenvalue weighted by Crippen LogP contribution is 2.41. The Morgan fingerprint density at radius 1 is 1.18 bits per heavy atom. The molecule has 0 unspecified atom stereocenters. The number of fused-ring (bicyclic) bond motifs is 2. The number of benzene rings is 1. The number of hydrogen-bond donors (Lipinski definition) is 0. The largest absolute Gasteiger partial charge is 0.487 e. The molecule has 3 heterocycles. The van der Waals surface area contributed by atoms with Crippen molar-refractivity contribution in [3.63, 3.8) is 0 Å². The Kier molecular flexibility index (Phi) is 2.72. The molecule has 1 fully saturated rings. The third kappa shape index (κ3) is 2.12. The number of rotatable bonds is 1. The molecule has 22 heavy (non-hydrogen) atoms. The van der Waals surface area contributed by atoms with Gasteiger partial charge in [0.15, 0.2) is 5.79 Å². The molecule has 1 aromatic carbocycles. The summed E-state index contributed by atoms with van der Waals surface area (Å²) in [4.78, 5) is 11.3. The second-order valence-corrected chi connectivity index (χ2v) is 6.67. The first-order chi connectivity index (χ1) is 10.3. The molecule has 0 bridgehead atoms. The summed E-state index contributed by atoms with van der Waals surface area (Å²) in [6, 6.07) is 7.00. The molecule has 0 N–H and O–H groups in total. The first kappa shape index (κ1) is 13.8. The lowest BCUT2D eigenvalue weighted by molar-refractivity contribution is -0.173. The van der Waals surface area contributed by atoms with Gasteiger partial charge in [-0.3, -0.25) is 0 Å². The van der Waals surface area contributed by atoms with E-state index in [-0.39, 0.29) is 11.7 Å². The molecule has 116 valence electrons. The van der Waals surface area contributed by atoms with E-state index in [9.17, 15) is 4.79 Å². The van der Waals surface area contributed by atoms with Crippen LogP contribution in [0.3, 0.4) is 0 Å². The second-order valence-electron chi connectivity index (χ2n) is 6.67. The molecular formula is C17H18O5. The van der Waals surface area contributed by atoms with Crippen LogP contribution >= 0.6 is 0 Å². The minimum absolute atomic E-state index is 0.118. The van der Waals surface area contributed by atoms with Crippen LogP contribution in [-0.4, -0.2) is 24.1 Å². The molecule has 1 aromatic heterocycles. The van der Waals surface area contributed by atoms with Crippen molar-refractivity contribution >= 4 is 11.0 Å². The molecule has 0 radical (unpaired) electrons. The summed E-state index contributed by atoms with van der Waals surface area (Å²) in [5.74, 6) is 0.158. The SMILES string of the molecule is CC1(C)OC[C@](C)([C@@H]2Cc3cc4ccc(=O)oc4cc3O2)O1. The molecule has 5 nitrogen and oxygen atoms in total. The Bertz CT molecular complexity index is 806. The molecule has 0 aliphatic carbocycles. The van der Waals surface area contributed by atoms with Gasteiger partial charge in [-0.25, -0.2) is 4.79 Å². The Morgan fingerprint density at radius 3 is 2.73 bits per heavy atom. The Balaban J connectivity index is 1.68. The normalized spacial score (nSPS) is 29.5. The molecule has 2 aliphatic heterocycles. The van der Waals surface area contributed by atoms with Gasteiger partial charge in [0.1, 0.15) is 23.0 Å². The van der Waals surface area contributed by atoms with Crippen molar-refractivity contribution in [3.8, 4) is 5.75 Å². The van der Waals surface area contributed by atoms with Gasteiger partial charge in [0.05, 0.1) is 6.61 Å². The molecule has 0 amide bonds. The summed E-state index contributed by atoms with van der Waals surface area (Å²) in [5.41, 5.74) is 0.792. The zero-order valence-electron chi connectivity index (χ0n) is 12.8. The van der Waals surface area contributed by atoms with Crippen molar-refractivity contribution in [1.29, 1.82) is 0 Å². The van der Waals surface area contributed by atoms with Crippen LogP contribution in [0.2, 0.25) is 0 Å². The molecule has 2 aliphatic rings. The van der Waals surface area contributed by atoms with Gasteiger partial charge in [-0.2, -0.15) is 0 Å². The van der Waals surface area contributed by atoms with Crippen LogP contribution in [0.15, 0.2) is 33.5 Å². The van der Waals surface area contributed by atoms with E-state index in [0.29, 0.717) is 12.2 Å². The van der Waals surface area contributed by atoms with E-state index in [1.54, 1.807) is 12.1 Å². The molecule has 0 spiro atoms. The monoisotopic (exact) mass is 302 g/mol. The highest BCUT2D eigenvalue weighted by Gasteiger charge is 2.50. The molecule has 2 atom stereocenters. The summed E-state index contributed by atoms with van der Waals surface area (Å²) in [6.07, 6.45) is 0.633.